The molecule has 0 aliphatic heterocycles. The van der Waals surface area contributed by atoms with E-state index in [1.165, 1.54) is 14.2 Å². The van der Waals surface area contributed by atoms with Gasteiger partial charge in [-0.1, -0.05) is 0 Å². The Balaban J connectivity index is 3.59. The second-order valence-electron chi connectivity index (χ2n) is 5.20. The van der Waals surface area contributed by atoms with Gasteiger partial charge in [0.1, 0.15) is 19.8 Å². The molecule has 0 spiro atoms. The second-order valence-corrected chi connectivity index (χ2v) is 5.20. The van der Waals surface area contributed by atoms with Crippen molar-refractivity contribution in [3.05, 3.63) is 0 Å². The zero-order valence-electron chi connectivity index (χ0n) is 15.3. The van der Waals surface area contributed by atoms with Crippen LogP contribution in [0.25, 0.3) is 0 Å². The SMILES string of the molecule is COCCOC(=O)CCC(=O)OCCN(C)CCOC(=O)CCOC. The normalized spacial score (nSPS) is 10.6. The van der Waals surface area contributed by atoms with Crippen LogP contribution in [0, 0.1) is 0 Å². The van der Waals surface area contributed by atoms with Crippen molar-refractivity contribution in [1.82, 2.24) is 4.90 Å². The van der Waals surface area contributed by atoms with Crippen molar-refractivity contribution in [3.63, 3.8) is 0 Å². The number of carbonyl (C=O) groups is 3. The highest BCUT2D eigenvalue weighted by molar-refractivity contribution is 5.77. The number of ether oxygens (including phenoxy) is 5. The van der Waals surface area contributed by atoms with E-state index in [-0.39, 0.29) is 45.1 Å². The van der Waals surface area contributed by atoms with Crippen molar-refractivity contribution in [1.29, 1.82) is 0 Å². The Morgan fingerprint density at radius 2 is 1.08 bits per heavy atom. The fourth-order valence-corrected chi connectivity index (χ4v) is 1.59. The molecular formula is C16H29NO8. The Morgan fingerprint density at radius 1 is 0.640 bits per heavy atom. The van der Waals surface area contributed by atoms with Crippen LogP contribution in [0.15, 0.2) is 0 Å². The van der Waals surface area contributed by atoms with Gasteiger partial charge in [-0.05, 0) is 7.05 Å². The predicted octanol–water partition coefficient (Wildman–Crippen LogP) is 0.0109. The predicted molar refractivity (Wildman–Crippen MR) is 88.0 cm³/mol. The molecule has 0 rings (SSSR count). The lowest BCUT2D eigenvalue weighted by Crippen LogP contribution is -2.28. The Hall–Kier alpha value is -1.71. The third kappa shape index (κ3) is 15.6. The molecule has 0 N–H and O–H groups in total. The van der Waals surface area contributed by atoms with Crippen LogP contribution in [0.2, 0.25) is 0 Å². The standard InChI is InChI=1S/C16H29NO8/c1-17(8-11-24-16(20)6-9-21-2)7-10-23-14(18)4-5-15(19)25-13-12-22-3/h4-13H2,1-3H3. The number of hydrogen-bond donors (Lipinski definition) is 0. The fourth-order valence-electron chi connectivity index (χ4n) is 1.59. The molecule has 0 bridgehead atoms. The number of rotatable bonds is 15. The smallest absolute Gasteiger partial charge is 0.308 e. The van der Waals surface area contributed by atoms with E-state index < -0.39 is 11.9 Å². The number of carbonyl (C=O) groups excluding carboxylic acids is 3. The highest BCUT2D eigenvalue weighted by atomic mass is 16.6. The molecule has 0 saturated heterocycles. The van der Waals surface area contributed by atoms with Gasteiger partial charge in [0, 0.05) is 27.3 Å². The molecule has 0 heterocycles. The molecule has 25 heavy (non-hydrogen) atoms. The first-order chi connectivity index (χ1) is 12.0. The van der Waals surface area contributed by atoms with E-state index in [2.05, 4.69) is 0 Å². The van der Waals surface area contributed by atoms with Crippen LogP contribution >= 0.6 is 0 Å². The molecule has 0 amide bonds. The van der Waals surface area contributed by atoms with Gasteiger partial charge in [-0.15, -0.1) is 0 Å². The first-order valence-corrected chi connectivity index (χ1v) is 8.12. The van der Waals surface area contributed by atoms with Crippen LogP contribution in [0.4, 0.5) is 0 Å². The Kier molecular flexibility index (Phi) is 14.7. The molecule has 9 nitrogen and oxygen atoms in total. The van der Waals surface area contributed by atoms with E-state index in [1.807, 2.05) is 11.9 Å². The van der Waals surface area contributed by atoms with Crippen molar-refractivity contribution in [2.45, 2.75) is 19.3 Å². The maximum absolute atomic E-state index is 11.5. The third-order valence-corrected chi connectivity index (χ3v) is 3.07. The van der Waals surface area contributed by atoms with Crippen molar-refractivity contribution >= 4 is 17.9 Å². The van der Waals surface area contributed by atoms with Crippen LogP contribution in [0.5, 0.6) is 0 Å². The minimum Gasteiger partial charge on any atom is -0.464 e. The summed E-state index contributed by atoms with van der Waals surface area (Å²) in [7, 11) is 4.85. The Labute approximate surface area is 148 Å². The summed E-state index contributed by atoms with van der Waals surface area (Å²) in [6.45, 7) is 2.33. The summed E-state index contributed by atoms with van der Waals surface area (Å²) in [5.41, 5.74) is 0. The largest absolute Gasteiger partial charge is 0.464 e. The third-order valence-electron chi connectivity index (χ3n) is 3.07. The molecule has 0 aromatic heterocycles. The minimum atomic E-state index is -0.457. The lowest BCUT2D eigenvalue weighted by atomic mass is 10.3. The number of hydrogen-bond acceptors (Lipinski definition) is 9. The van der Waals surface area contributed by atoms with Crippen molar-refractivity contribution in [2.75, 3.05) is 67.4 Å². The molecule has 0 aromatic carbocycles. The summed E-state index contributed by atoms with van der Waals surface area (Å²) in [4.78, 5) is 35.9. The molecule has 0 fully saturated rings. The van der Waals surface area contributed by atoms with Crippen molar-refractivity contribution in [2.24, 2.45) is 0 Å². The van der Waals surface area contributed by atoms with Crippen LogP contribution in [0.1, 0.15) is 19.3 Å². The summed E-state index contributed by atoms with van der Waals surface area (Å²) in [6.07, 6.45) is 0.189. The topological polar surface area (TPSA) is 101 Å². The van der Waals surface area contributed by atoms with Gasteiger partial charge >= 0.3 is 17.9 Å². The average molecular weight is 363 g/mol. The monoisotopic (exact) mass is 363 g/mol. The molecule has 0 saturated carbocycles. The number of nitrogens with zero attached hydrogens (tertiary/aromatic N) is 1. The highest BCUT2D eigenvalue weighted by Crippen LogP contribution is 1.97. The maximum atomic E-state index is 11.5. The zero-order chi connectivity index (χ0) is 18.9. The molecule has 146 valence electrons. The number of esters is 3. The van der Waals surface area contributed by atoms with Gasteiger partial charge in [-0.2, -0.15) is 0 Å². The van der Waals surface area contributed by atoms with E-state index in [1.54, 1.807) is 0 Å². The van der Waals surface area contributed by atoms with Gasteiger partial charge in [-0.3, -0.25) is 19.3 Å². The van der Waals surface area contributed by atoms with Crippen LogP contribution < -0.4 is 0 Å². The Morgan fingerprint density at radius 3 is 1.56 bits per heavy atom. The Bertz CT molecular complexity index is 388. The molecule has 0 aliphatic carbocycles. The van der Waals surface area contributed by atoms with Crippen molar-refractivity contribution < 1.29 is 38.1 Å². The summed E-state index contributed by atoms with van der Waals surface area (Å²) in [6, 6.07) is 0. The molecule has 0 aromatic rings. The van der Waals surface area contributed by atoms with Gasteiger partial charge in [0.2, 0.25) is 0 Å². The van der Waals surface area contributed by atoms with E-state index in [0.29, 0.717) is 26.3 Å². The van der Waals surface area contributed by atoms with Gasteiger partial charge in [-0.25, -0.2) is 0 Å². The first-order valence-electron chi connectivity index (χ1n) is 8.12. The second kappa shape index (κ2) is 15.8. The summed E-state index contributed by atoms with van der Waals surface area (Å²) >= 11 is 0. The van der Waals surface area contributed by atoms with Gasteiger partial charge in [0.05, 0.1) is 32.5 Å². The zero-order valence-corrected chi connectivity index (χ0v) is 15.3. The van der Waals surface area contributed by atoms with Gasteiger partial charge in [0.15, 0.2) is 0 Å². The number of methoxy groups -OCH3 is 2. The lowest BCUT2D eigenvalue weighted by Gasteiger charge is -2.16. The van der Waals surface area contributed by atoms with E-state index in [0.717, 1.165) is 0 Å². The average Bonchev–Trinajstić information content (AvgIpc) is 2.58. The molecule has 0 unspecified atom stereocenters. The minimum absolute atomic E-state index is 0.0180. The molecule has 0 atom stereocenters. The summed E-state index contributed by atoms with van der Waals surface area (Å²) in [5.74, 6) is -1.22. The van der Waals surface area contributed by atoms with Crippen LogP contribution in [-0.4, -0.2) is 90.2 Å². The molecule has 9 heteroatoms. The lowest BCUT2D eigenvalue weighted by molar-refractivity contribution is -0.151. The molecule has 0 radical (unpaired) electrons. The van der Waals surface area contributed by atoms with Crippen molar-refractivity contribution in [3.8, 4) is 0 Å². The van der Waals surface area contributed by atoms with E-state index in [4.69, 9.17) is 23.7 Å². The van der Waals surface area contributed by atoms with Gasteiger partial charge < -0.3 is 23.7 Å². The summed E-state index contributed by atoms with van der Waals surface area (Å²) < 4.78 is 24.4. The number of likely N-dealkylation sites (N-methyl/N-ethyl adjacent to an activating group) is 1. The summed E-state index contributed by atoms with van der Waals surface area (Å²) in [5, 5.41) is 0. The van der Waals surface area contributed by atoms with Crippen LogP contribution in [-0.2, 0) is 38.1 Å². The van der Waals surface area contributed by atoms with Crippen LogP contribution in [0.3, 0.4) is 0 Å². The first kappa shape index (κ1) is 23.3. The van der Waals surface area contributed by atoms with Gasteiger partial charge in [0.25, 0.3) is 0 Å². The molecule has 0 aliphatic rings. The quantitative estimate of drug-likeness (QED) is 0.226. The van der Waals surface area contributed by atoms with E-state index >= 15 is 0 Å². The fraction of sp³-hybridized carbons (Fsp3) is 0.812. The highest BCUT2D eigenvalue weighted by Gasteiger charge is 2.10. The maximum Gasteiger partial charge on any atom is 0.308 e. The van der Waals surface area contributed by atoms with E-state index in [9.17, 15) is 14.4 Å². The molecular weight excluding hydrogens is 334 g/mol.